The standard InChI is InChI=1S/C15H22N4O/c1-18(2)9-6-10-19-14(12-17-15(19)20)16-11-13-7-4-3-5-8-13/h3-5,7-8,11,14H,6,9-10,12H2,1-2H3,(H,17,20). The molecule has 1 aliphatic heterocycles. The van der Waals surface area contributed by atoms with Crippen molar-refractivity contribution in [3.8, 4) is 0 Å². The van der Waals surface area contributed by atoms with Crippen LogP contribution in [0.3, 0.4) is 0 Å². The molecule has 20 heavy (non-hydrogen) atoms. The number of aliphatic imine (C=N–C) groups is 1. The largest absolute Gasteiger partial charge is 0.334 e. The van der Waals surface area contributed by atoms with E-state index in [0.29, 0.717) is 6.54 Å². The van der Waals surface area contributed by atoms with Crippen LogP contribution in [0.4, 0.5) is 4.79 Å². The normalized spacial score (nSPS) is 19.1. The number of carbonyl (C=O) groups is 1. The van der Waals surface area contributed by atoms with Gasteiger partial charge >= 0.3 is 6.03 Å². The van der Waals surface area contributed by atoms with Crippen LogP contribution in [0.15, 0.2) is 35.3 Å². The lowest BCUT2D eigenvalue weighted by Gasteiger charge is -2.20. The number of urea groups is 1. The number of hydrogen-bond acceptors (Lipinski definition) is 3. The van der Waals surface area contributed by atoms with Gasteiger partial charge in [0, 0.05) is 12.8 Å². The van der Waals surface area contributed by atoms with Gasteiger partial charge in [-0.25, -0.2) is 4.79 Å². The fourth-order valence-corrected chi connectivity index (χ4v) is 2.18. The predicted octanol–water partition coefficient (Wildman–Crippen LogP) is 1.41. The quantitative estimate of drug-likeness (QED) is 0.797. The van der Waals surface area contributed by atoms with E-state index in [-0.39, 0.29) is 12.2 Å². The highest BCUT2D eigenvalue weighted by Crippen LogP contribution is 2.09. The Labute approximate surface area is 120 Å². The van der Waals surface area contributed by atoms with Crippen LogP contribution in [-0.4, -0.2) is 61.9 Å². The zero-order valence-electron chi connectivity index (χ0n) is 12.1. The van der Waals surface area contributed by atoms with Crippen LogP contribution in [0.1, 0.15) is 12.0 Å². The van der Waals surface area contributed by atoms with E-state index in [0.717, 1.165) is 25.1 Å². The number of nitrogens with one attached hydrogen (secondary N) is 1. The second-order valence-corrected chi connectivity index (χ2v) is 5.21. The van der Waals surface area contributed by atoms with Crippen molar-refractivity contribution in [3.05, 3.63) is 35.9 Å². The molecule has 5 heteroatoms. The molecule has 1 N–H and O–H groups in total. The number of rotatable bonds is 6. The van der Waals surface area contributed by atoms with Crippen molar-refractivity contribution >= 4 is 12.2 Å². The summed E-state index contributed by atoms with van der Waals surface area (Å²) in [5, 5.41) is 2.85. The summed E-state index contributed by atoms with van der Waals surface area (Å²) >= 11 is 0. The van der Waals surface area contributed by atoms with Crippen molar-refractivity contribution in [3.63, 3.8) is 0 Å². The molecule has 5 nitrogen and oxygen atoms in total. The van der Waals surface area contributed by atoms with E-state index in [1.165, 1.54) is 0 Å². The molecule has 1 heterocycles. The fourth-order valence-electron chi connectivity index (χ4n) is 2.18. The van der Waals surface area contributed by atoms with Crippen LogP contribution in [0.25, 0.3) is 0 Å². The smallest absolute Gasteiger partial charge is 0.319 e. The van der Waals surface area contributed by atoms with Gasteiger partial charge in [0.05, 0.1) is 6.54 Å². The van der Waals surface area contributed by atoms with Crippen molar-refractivity contribution < 1.29 is 4.79 Å². The first-order valence-electron chi connectivity index (χ1n) is 6.94. The van der Waals surface area contributed by atoms with Gasteiger partial charge < -0.3 is 15.1 Å². The Bertz CT molecular complexity index is 458. The van der Waals surface area contributed by atoms with Gasteiger partial charge in [-0.3, -0.25) is 4.99 Å². The fraction of sp³-hybridized carbons (Fsp3) is 0.467. The summed E-state index contributed by atoms with van der Waals surface area (Å²) in [5.41, 5.74) is 1.06. The SMILES string of the molecule is CN(C)CCCN1C(=O)NCC1N=Cc1ccccc1. The van der Waals surface area contributed by atoms with Crippen molar-refractivity contribution in [1.29, 1.82) is 0 Å². The zero-order valence-corrected chi connectivity index (χ0v) is 12.1. The molecule has 1 atom stereocenters. The summed E-state index contributed by atoms with van der Waals surface area (Å²) in [6, 6.07) is 9.93. The molecular weight excluding hydrogens is 252 g/mol. The van der Waals surface area contributed by atoms with Gasteiger partial charge in [0.25, 0.3) is 0 Å². The highest BCUT2D eigenvalue weighted by atomic mass is 16.2. The van der Waals surface area contributed by atoms with E-state index in [1.807, 2.05) is 55.5 Å². The van der Waals surface area contributed by atoms with Gasteiger partial charge in [0.2, 0.25) is 0 Å². The monoisotopic (exact) mass is 274 g/mol. The minimum atomic E-state index is -0.0927. The Morgan fingerprint density at radius 2 is 2.15 bits per heavy atom. The van der Waals surface area contributed by atoms with E-state index in [1.54, 1.807) is 0 Å². The van der Waals surface area contributed by atoms with Gasteiger partial charge in [0.1, 0.15) is 6.17 Å². The third kappa shape index (κ3) is 4.06. The second kappa shape index (κ2) is 7.05. The number of benzene rings is 1. The Balaban J connectivity index is 1.92. The molecular formula is C15H22N4O. The number of amides is 2. The second-order valence-electron chi connectivity index (χ2n) is 5.21. The molecule has 108 valence electrons. The van der Waals surface area contributed by atoms with Crippen LogP contribution < -0.4 is 5.32 Å². The molecule has 1 aromatic carbocycles. The van der Waals surface area contributed by atoms with Crippen molar-refractivity contribution in [2.45, 2.75) is 12.6 Å². The maximum absolute atomic E-state index is 11.8. The predicted molar refractivity (Wildman–Crippen MR) is 81.1 cm³/mol. The van der Waals surface area contributed by atoms with Gasteiger partial charge in [-0.15, -0.1) is 0 Å². The lowest BCUT2D eigenvalue weighted by atomic mass is 10.2. The molecule has 1 aromatic rings. The maximum atomic E-state index is 11.8. The molecule has 0 saturated carbocycles. The molecule has 0 bridgehead atoms. The summed E-state index contributed by atoms with van der Waals surface area (Å²) in [7, 11) is 4.07. The van der Waals surface area contributed by atoms with E-state index in [4.69, 9.17) is 0 Å². The van der Waals surface area contributed by atoms with Crippen molar-refractivity contribution in [1.82, 2.24) is 15.1 Å². The molecule has 1 saturated heterocycles. The maximum Gasteiger partial charge on any atom is 0.319 e. The summed E-state index contributed by atoms with van der Waals surface area (Å²) < 4.78 is 0. The molecule has 2 amide bonds. The third-order valence-electron chi connectivity index (χ3n) is 3.26. The molecule has 1 aliphatic rings. The van der Waals surface area contributed by atoms with Crippen LogP contribution >= 0.6 is 0 Å². The highest BCUT2D eigenvalue weighted by molar-refractivity contribution is 5.81. The Morgan fingerprint density at radius 1 is 1.40 bits per heavy atom. The summed E-state index contributed by atoms with van der Waals surface area (Å²) in [6.07, 6.45) is 2.70. The Morgan fingerprint density at radius 3 is 2.85 bits per heavy atom. The summed E-state index contributed by atoms with van der Waals surface area (Å²) in [5.74, 6) is 0. The first-order valence-corrected chi connectivity index (χ1v) is 6.94. The van der Waals surface area contributed by atoms with Crippen LogP contribution in [0.2, 0.25) is 0 Å². The summed E-state index contributed by atoms with van der Waals surface area (Å²) in [4.78, 5) is 20.3. The van der Waals surface area contributed by atoms with Crippen molar-refractivity contribution in [2.75, 3.05) is 33.7 Å². The average molecular weight is 274 g/mol. The van der Waals surface area contributed by atoms with E-state index in [2.05, 4.69) is 15.2 Å². The molecule has 0 radical (unpaired) electrons. The van der Waals surface area contributed by atoms with E-state index >= 15 is 0 Å². The number of hydrogen-bond donors (Lipinski definition) is 1. The topological polar surface area (TPSA) is 47.9 Å². The van der Waals surface area contributed by atoms with Crippen LogP contribution in [0, 0.1) is 0 Å². The number of carbonyl (C=O) groups excluding carboxylic acids is 1. The zero-order chi connectivity index (χ0) is 14.4. The minimum absolute atomic E-state index is 0.0148. The highest BCUT2D eigenvalue weighted by Gasteiger charge is 2.29. The van der Waals surface area contributed by atoms with Crippen molar-refractivity contribution in [2.24, 2.45) is 4.99 Å². The molecule has 1 unspecified atom stereocenters. The van der Waals surface area contributed by atoms with Gasteiger partial charge in [-0.1, -0.05) is 30.3 Å². The molecule has 2 rings (SSSR count). The van der Waals surface area contributed by atoms with E-state index in [9.17, 15) is 4.79 Å². The number of nitrogens with zero attached hydrogens (tertiary/aromatic N) is 3. The third-order valence-corrected chi connectivity index (χ3v) is 3.26. The first kappa shape index (κ1) is 14.5. The lowest BCUT2D eigenvalue weighted by Crippen LogP contribution is -2.35. The Hall–Kier alpha value is -1.88. The Kier molecular flexibility index (Phi) is 5.12. The average Bonchev–Trinajstić information content (AvgIpc) is 2.78. The molecule has 1 fully saturated rings. The van der Waals surface area contributed by atoms with Gasteiger partial charge in [-0.2, -0.15) is 0 Å². The van der Waals surface area contributed by atoms with Gasteiger partial charge in [-0.05, 0) is 32.6 Å². The molecule has 0 spiro atoms. The molecule has 0 aliphatic carbocycles. The lowest BCUT2D eigenvalue weighted by molar-refractivity contribution is 0.202. The van der Waals surface area contributed by atoms with Crippen LogP contribution in [0.5, 0.6) is 0 Å². The van der Waals surface area contributed by atoms with Crippen LogP contribution in [-0.2, 0) is 0 Å². The van der Waals surface area contributed by atoms with Gasteiger partial charge in [0.15, 0.2) is 0 Å². The summed E-state index contributed by atoms with van der Waals surface area (Å²) in [6.45, 7) is 2.30. The minimum Gasteiger partial charge on any atom is -0.334 e. The molecule has 0 aromatic heterocycles. The van der Waals surface area contributed by atoms with E-state index < -0.39 is 0 Å². The first-order chi connectivity index (χ1) is 9.66.